The molecule has 1 rings (SSSR count). The first-order valence-corrected chi connectivity index (χ1v) is 6.46. The maximum atomic E-state index is 5.21. The summed E-state index contributed by atoms with van der Waals surface area (Å²) in [5.74, 6) is 2.67. The third-order valence-corrected chi connectivity index (χ3v) is 3.42. The Hall–Kier alpha value is -0.780. The van der Waals surface area contributed by atoms with E-state index < -0.39 is 0 Å². The lowest BCUT2D eigenvalue weighted by atomic mass is 10.1. The van der Waals surface area contributed by atoms with Gasteiger partial charge in [0.05, 0.1) is 0 Å². The second-order valence-corrected chi connectivity index (χ2v) is 4.57. The molecule has 1 aromatic rings. The first-order chi connectivity index (χ1) is 7.38. The number of rotatable bonds is 7. The summed E-state index contributed by atoms with van der Waals surface area (Å²) in [5, 5.41) is 5.71. The maximum absolute atomic E-state index is 5.21. The minimum atomic E-state index is 0.524. The van der Waals surface area contributed by atoms with Crippen LogP contribution in [0, 0.1) is 12.3 Å². The van der Waals surface area contributed by atoms with Crippen molar-refractivity contribution in [2.45, 2.75) is 38.6 Å². The molecule has 0 bridgehead atoms. The molecule has 0 radical (unpaired) electrons. The van der Waals surface area contributed by atoms with E-state index in [1.165, 1.54) is 11.3 Å². The van der Waals surface area contributed by atoms with Crippen molar-refractivity contribution in [1.82, 2.24) is 5.32 Å². The average Bonchev–Trinajstić information content (AvgIpc) is 2.77. The SMILES string of the molecule is C#CCCCCNC(CC)c1cccs1. The molecule has 0 aliphatic rings. The maximum Gasteiger partial charge on any atom is 0.0412 e. The smallest absolute Gasteiger partial charge is 0.0412 e. The van der Waals surface area contributed by atoms with E-state index in [1.54, 1.807) is 0 Å². The van der Waals surface area contributed by atoms with Crippen LogP contribution in [-0.2, 0) is 0 Å². The van der Waals surface area contributed by atoms with E-state index in [9.17, 15) is 0 Å². The van der Waals surface area contributed by atoms with Crippen LogP contribution in [0.1, 0.15) is 43.5 Å². The Bertz CT molecular complexity index is 284. The normalized spacial score (nSPS) is 12.3. The molecule has 0 saturated carbocycles. The van der Waals surface area contributed by atoms with Gasteiger partial charge in [-0.25, -0.2) is 0 Å². The van der Waals surface area contributed by atoms with Crippen LogP contribution in [0.4, 0.5) is 0 Å². The van der Waals surface area contributed by atoms with E-state index in [0.717, 1.165) is 25.8 Å². The number of thiophene rings is 1. The Morgan fingerprint density at radius 2 is 2.40 bits per heavy atom. The van der Waals surface area contributed by atoms with Gasteiger partial charge in [0.25, 0.3) is 0 Å². The van der Waals surface area contributed by atoms with Crippen LogP contribution in [0.3, 0.4) is 0 Å². The fraction of sp³-hybridized carbons (Fsp3) is 0.538. The zero-order chi connectivity index (χ0) is 10.9. The lowest BCUT2D eigenvalue weighted by molar-refractivity contribution is 0.511. The van der Waals surface area contributed by atoms with Crippen molar-refractivity contribution in [1.29, 1.82) is 0 Å². The van der Waals surface area contributed by atoms with Gasteiger partial charge in [-0.05, 0) is 37.3 Å². The lowest BCUT2D eigenvalue weighted by Gasteiger charge is -2.14. The Kier molecular flexibility index (Phi) is 6.15. The number of nitrogens with one attached hydrogen (secondary N) is 1. The van der Waals surface area contributed by atoms with Crippen LogP contribution in [0.5, 0.6) is 0 Å². The van der Waals surface area contributed by atoms with Crippen molar-refractivity contribution < 1.29 is 0 Å². The largest absolute Gasteiger partial charge is 0.309 e. The summed E-state index contributed by atoms with van der Waals surface area (Å²) in [6.45, 7) is 3.29. The molecule has 1 unspecified atom stereocenters. The fourth-order valence-electron chi connectivity index (χ4n) is 1.56. The third-order valence-electron chi connectivity index (χ3n) is 2.43. The van der Waals surface area contributed by atoms with E-state index in [0.29, 0.717) is 6.04 Å². The van der Waals surface area contributed by atoms with Crippen molar-refractivity contribution in [2.75, 3.05) is 6.54 Å². The zero-order valence-electron chi connectivity index (χ0n) is 9.33. The number of hydrogen-bond donors (Lipinski definition) is 1. The molecular formula is C13H19NS. The quantitative estimate of drug-likeness (QED) is 0.548. The van der Waals surface area contributed by atoms with Gasteiger partial charge >= 0.3 is 0 Å². The summed E-state index contributed by atoms with van der Waals surface area (Å²) < 4.78 is 0. The van der Waals surface area contributed by atoms with Crippen molar-refractivity contribution in [3.63, 3.8) is 0 Å². The molecule has 2 heteroatoms. The summed E-state index contributed by atoms with van der Waals surface area (Å²) >= 11 is 1.83. The highest BCUT2D eigenvalue weighted by molar-refractivity contribution is 7.10. The van der Waals surface area contributed by atoms with Gasteiger partial charge in [0.15, 0.2) is 0 Å². The first kappa shape index (κ1) is 12.3. The van der Waals surface area contributed by atoms with Crippen LogP contribution in [0.2, 0.25) is 0 Å². The molecule has 1 N–H and O–H groups in total. The van der Waals surface area contributed by atoms with E-state index in [1.807, 2.05) is 11.3 Å². The second-order valence-electron chi connectivity index (χ2n) is 3.59. The zero-order valence-corrected chi connectivity index (χ0v) is 10.1. The summed E-state index contributed by atoms with van der Waals surface area (Å²) in [6, 6.07) is 4.84. The molecule has 0 amide bonds. The van der Waals surface area contributed by atoms with Gasteiger partial charge in [0.1, 0.15) is 0 Å². The first-order valence-electron chi connectivity index (χ1n) is 5.58. The van der Waals surface area contributed by atoms with Gasteiger partial charge in [-0.1, -0.05) is 13.0 Å². The second kappa shape index (κ2) is 7.50. The minimum absolute atomic E-state index is 0.524. The third kappa shape index (κ3) is 4.51. The highest BCUT2D eigenvalue weighted by atomic mass is 32.1. The molecular weight excluding hydrogens is 202 g/mol. The molecule has 1 aromatic heterocycles. The highest BCUT2D eigenvalue weighted by Crippen LogP contribution is 2.21. The molecule has 1 heterocycles. The van der Waals surface area contributed by atoms with Gasteiger partial charge in [0.2, 0.25) is 0 Å². The van der Waals surface area contributed by atoms with Crippen LogP contribution in [0.25, 0.3) is 0 Å². The van der Waals surface area contributed by atoms with Crippen LogP contribution >= 0.6 is 11.3 Å². The highest BCUT2D eigenvalue weighted by Gasteiger charge is 2.08. The Morgan fingerprint density at radius 1 is 1.53 bits per heavy atom. The molecule has 0 saturated heterocycles. The van der Waals surface area contributed by atoms with Crippen LogP contribution in [-0.4, -0.2) is 6.54 Å². The molecule has 0 aliphatic heterocycles. The monoisotopic (exact) mass is 221 g/mol. The van der Waals surface area contributed by atoms with Crippen molar-refractivity contribution in [2.24, 2.45) is 0 Å². The average molecular weight is 221 g/mol. The fourth-order valence-corrected chi connectivity index (χ4v) is 2.45. The van der Waals surface area contributed by atoms with Gasteiger partial charge in [-0.3, -0.25) is 0 Å². The summed E-state index contributed by atoms with van der Waals surface area (Å²) in [5.41, 5.74) is 0. The van der Waals surface area contributed by atoms with E-state index >= 15 is 0 Å². The molecule has 0 aromatic carbocycles. The summed E-state index contributed by atoms with van der Waals surface area (Å²) in [4.78, 5) is 1.44. The number of hydrogen-bond acceptors (Lipinski definition) is 2. The predicted octanol–water partition coefficient (Wildman–Crippen LogP) is 3.59. The molecule has 1 atom stereocenters. The Balaban J connectivity index is 2.21. The number of terminal acetylenes is 1. The summed E-state index contributed by atoms with van der Waals surface area (Å²) in [6.07, 6.45) is 9.56. The van der Waals surface area contributed by atoms with Crippen molar-refractivity contribution >= 4 is 11.3 Å². The van der Waals surface area contributed by atoms with E-state index in [2.05, 4.69) is 35.7 Å². The Labute approximate surface area is 96.9 Å². The van der Waals surface area contributed by atoms with Gasteiger partial charge < -0.3 is 5.32 Å². The van der Waals surface area contributed by atoms with Crippen molar-refractivity contribution in [3.8, 4) is 12.3 Å². The topological polar surface area (TPSA) is 12.0 Å². The van der Waals surface area contributed by atoms with E-state index in [-0.39, 0.29) is 0 Å². The predicted molar refractivity (Wildman–Crippen MR) is 68.0 cm³/mol. The van der Waals surface area contributed by atoms with E-state index in [4.69, 9.17) is 6.42 Å². The molecule has 15 heavy (non-hydrogen) atoms. The molecule has 1 nitrogen and oxygen atoms in total. The Morgan fingerprint density at radius 3 is 3.00 bits per heavy atom. The van der Waals surface area contributed by atoms with Crippen molar-refractivity contribution in [3.05, 3.63) is 22.4 Å². The minimum Gasteiger partial charge on any atom is -0.309 e. The van der Waals surface area contributed by atoms with Crippen LogP contribution in [0.15, 0.2) is 17.5 Å². The lowest BCUT2D eigenvalue weighted by Crippen LogP contribution is -2.20. The number of unbranched alkanes of at least 4 members (excludes halogenated alkanes) is 2. The molecule has 0 fully saturated rings. The van der Waals surface area contributed by atoms with Gasteiger partial charge in [0, 0.05) is 17.3 Å². The van der Waals surface area contributed by atoms with Crippen LogP contribution < -0.4 is 5.32 Å². The van der Waals surface area contributed by atoms with Gasteiger partial charge in [-0.2, -0.15) is 0 Å². The molecule has 0 spiro atoms. The molecule has 82 valence electrons. The van der Waals surface area contributed by atoms with Gasteiger partial charge in [-0.15, -0.1) is 23.7 Å². The summed E-state index contributed by atoms with van der Waals surface area (Å²) in [7, 11) is 0. The molecule has 0 aliphatic carbocycles. The standard InChI is InChI=1S/C13H19NS/c1-3-5-6-7-10-14-12(4-2)13-9-8-11-15-13/h1,8-9,11-12,14H,4-7,10H2,2H3.